The standard InChI is InChI=1S/C7H10O6/c1-2-3-12-13-5(7(10)11)4-6(8)9/h2,5H,1,3-4H2,(H,8,9)(H,10,11). The Labute approximate surface area is 74.3 Å². The number of carbonyl (C=O) groups is 2. The van der Waals surface area contributed by atoms with Crippen molar-refractivity contribution in [3.63, 3.8) is 0 Å². The largest absolute Gasteiger partial charge is 0.481 e. The Hall–Kier alpha value is -1.40. The highest BCUT2D eigenvalue weighted by atomic mass is 17.2. The predicted octanol–water partition coefficient (Wildman–Crippen LogP) is 0.0485. The first kappa shape index (κ1) is 11.6. The molecule has 0 aromatic rings. The van der Waals surface area contributed by atoms with E-state index < -0.39 is 24.5 Å². The molecule has 0 saturated carbocycles. The van der Waals surface area contributed by atoms with Crippen LogP contribution in [-0.2, 0) is 19.4 Å². The van der Waals surface area contributed by atoms with Crippen LogP contribution >= 0.6 is 0 Å². The van der Waals surface area contributed by atoms with E-state index in [0.29, 0.717) is 0 Å². The Morgan fingerprint density at radius 1 is 1.46 bits per heavy atom. The maximum absolute atomic E-state index is 10.3. The van der Waals surface area contributed by atoms with Gasteiger partial charge < -0.3 is 10.2 Å². The monoisotopic (exact) mass is 190 g/mol. The van der Waals surface area contributed by atoms with Crippen molar-refractivity contribution < 1.29 is 29.6 Å². The van der Waals surface area contributed by atoms with E-state index in [1.165, 1.54) is 6.08 Å². The molecule has 0 heterocycles. The summed E-state index contributed by atoms with van der Waals surface area (Å²) in [6.07, 6.45) is -0.788. The molecule has 0 rings (SSSR count). The van der Waals surface area contributed by atoms with Gasteiger partial charge in [-0.2, -0.15) is 0 Å². The fourth-order valence-corrected chi connectivity index (χ4v) is 0.491. The van der Waals surface area contributed by atoms with Crippen LogP contribution in [0.25, 0.3) is 0 Å². The van der Waals surface area contributed by atoms with Gasteiger partial charge in [0.15, 0.2) is 6.10 Å². The van der Waals surface area contributed by atoms with E-state index >= 15 is 0 Å². The van der Waals surface area contributed by atoms with Gasteiger partial charge >= 0.3 is 11.9 Å². The first-order valence-corrected chi connectivity index (χ1v) is 3.41. The second-order valence-electron chi connectivity index (χ2n) is 2.09. The Morgan fingerprint density at radius 2 is 2.08 bits per heavy atom. The molecule has 0 fully saturated rings. The van der Waals surface area contributed by atoms with E-state index in [2.05, 4.69) is 16.4 Å². The lowest BCUT2D eigenvalue weighted by atomic mass is 10.3. The number of hydrogen-bond acceptors (Lipinski definition) is 4. The SMILES string of the molecule is C=CCOOC(CC(=O)O)C(=O)O. The van der Waals surface area contributed by atoms with Gasteiger partial charge in [-0.25, -0.2) is 14.6 Å². The van der Waals surface area contributed by atoms with Crippen molar-refractivity contribution in [2.24, 2.45) is 0 Å². The van der Waals surface area contributed by atoms with Crippen LogP contribution in [0.5, 0.6) is 0 Å². The van der Waals surface area contributed by atoms with E-state index in [4.69, 9.17) is 10.2 Å². The molecule has 1 atom stereocenters. The zero-order valence-electron chi connectivity index (χ0n) is 6.80. The third-order valence-electron chi connectivity index (χ3n) is 1.01. The van der Waals surface area contributed by atoms with Crippen LogP contribution < -0.4 is 0 Å². The molecule has 0 radical (unpaired) electrons. The molecule has 2 N–H and O–H groups in total. The summed E-state index contributed by atoms with van der Waals surface area (Å²) in [7, 11) is 0. The highest BCUT2D eigenvalue weighted by molar-refractivity contribution is 5.79. The number of rotatable bonds is 7. The van der Waals surface area contributed by atoms with E-state index in [-0.39, 0.29) is 6.61 Å². The minimum absolute atomic E-state index is 0.00337. The average Bonchev–Trinajstić information content (AvgIpc) is 2.02. The van der Waals surface area contributed by atoms with E-state index in [9.17, 15) is 9.59 Å². The first-order valence-electron chi connectivity index (χ1n) is 3.41. The lowest BCUT2D eigenvalue weighted by Gasteiger charge is -2.08. The molecule has 74 valence electrons. The molecule has 0 aromatic carbocycles. The lowest BCUT2D eigenvalue weighted by Crippen LogP contribution is -2.27. The van der Waals surface area contributed by atoms with Crippen LogP contribution in [0.3, 0.4) is 0 Å². The van der Waals surface area contributed by atoms with Gasteiger partial charge in [0.1, 0.15) is 6.61 Å². The van der Waals surface area contributed by atoms with Crippen molar-refractivity contribution in [3.05, 3.63) is 12.7 Å². The fourth-order valence-electron chi connectivity index (χ4n) is 0.491. The molecule has 0 saturated heterocycles. The number of carboxylic acid groups (broad SMARTS) is 2. The summed E-state index contributed by atoms with van der Waals surface area (Å²) >= 11 is 0. The lowest BCUT2D eigenvalue weighted by molar-refractivity contribution is -0.313. The zero-order chi connectivity index (χ0) is 10.3. The molecule has 0 amide bonds. The predicted molar refractivity (Wildman–Crippen MR) is 40.9 cm³/mol. The summed E-state index contributed by atoms with van der Waals surface area (Å²) < 4.78 is 0. The van der Waals surface area contributed by atoms with E-state index in [1.807, 2.05) is 0 Å². The van der Waals surface area contributed by atoms with Crippen LogP contribution in [0.4, 0.5) is 0 Å². The normalized spacial score (nSPS) is 12.0. The maximum atomic E-state index is 10.3. The van der Waals surface area contributed by atoms with Crippen LogP contribution in [0.15, 0.2) is 12.7 Å². The highest BCUT2D eigenvalue weighted by Crippen LogP contribution is 1.99. The third kappa shape index (κ3) is 5.83. The molecular formula is C7H10O6. The van der Waals surface area contributed by atoms with Gasteiger partial charge in [-0.1, -0.05) is 6.08 Å². The van der Waals surface area contributed by atoms with Crippen LogP contribution in [0.1, 0.15) is 6.42 Å². The van der Waals surface area contributed by atoms with Gasteiger partial charge in [0.25, 0.3) is 0 Å². The second-order valence-corrected chi connectivity index (χ2v) is 2.09. The van der Waals surface area contributed by atoms with Gasteiger partial charge in [0, 0.05) is 0 Å². The molecule has 0 aliphatic rings. The van der Waals surface area contributed by atoms with Crippen LogP contribution in [0.2, 0.25) is 0 Å². The van der Waals surface area contributed by atoms with Crippen molar-refractivity contribution in [3.8, 4) is 0 Å². The van der Waals surface area contributed by atoms with Crippen molar-refractivity contribution in [2.75, 3.05) is 6.61 Å². The minimum atomic E-state index is -1.49. The van der Waals surface area contributed by atoms with Crippen LogP contribution in [-0.4, -0.2) is 34.9 Å². The molecule has 6 heteroatoms. The Bertz CT molecular complexity index is 199. The smallest absolute Gasteiger partial charge is 0.336 e. The first-order chi connectivity index (χ1) is 6.07. The minimum Gasteiger partial charge on any atom is -0.481 e. The molecule has 6 nitrogen and oxygen atoms in total. The van der Waals surface area contributed by atoms with Crippen LogP contribution in [0, 0.1) is 0 Å². The highest BCUT2D eigenvalue weighted by Gasteiger charge is 2.22. The summed E-state index contributed by atoms with van der Waals surface area (Å²) in [6, 6.07) is 0. The summed E-state index contributed by atoms with van der Waals surface area (Å²) in [5.74, 6) is -2.65. The van der Waals surface area contributed by atoms with Gasteiger partial charge in [-0.3, -0.25) is 4.79 Å². The summed E-state index contributed by atoms with van der Waals surface area (Å²) in [4.78, 5) is 29.1. The van der Waals surface area contributed by atoms with E-state index in [1.54, 1.807) is 0 Å². The van der Waals surface area contributed by atoms with E-state index in [0.717, 1.165) is 0 Å². The van der Waals surface area contributed by atoms with Gasteiger partial charge in [-0.15, -0.1) is 6.58 Å². The second kappa shape index (κ2) is 6.15. The molecule has 0 aliphatic carbocycles. The van der Waals surface area contributed by atoms with Gasteiger partial charge in [0.05, 0.1) is 6.42 Å². The van der Waals surface area contributed by atoms with Gasteiger partial charge in [0.2, 0.25) is 0 Å². The van der Waals surface area contributed by atoms with Crippen molar-refractivity contribution in [1.29, 1.82) is 0 Å². The number of hydrogen-bond donors (Lipinski definition) is 2. The Balaban J connectivity index is 3.87. The quantitative estimate of drug-likeness (QED) is 0.255. The average molecular weight is 190 g/mol. The Morgan fingerprint density at radius 3 is 2.46 bits per heavy atom. The summed E-state index contributed by atoms with van der Waals surface area (Å²) in [5, 5.41) is 16.7. The summed E-state index contributed by atoms with van der Waals surface area (Å²) in [6.45, 7) is 3.30. The van der Waals surface area contributed by atoms with Crippen molar-refractivity contribution in [1.82, 2.24) is 0 Å². The number of carboxylic acids is 2. The molecule has 0 bridgehead atoms. The molecular weight excluding hydrogens is 180 g/mol. The molecule has 13 heavy (non-hydrogen) atoms. The maximum Gasteiger partial charge on any atom is 0.336 e. The number of aliphatic carboxylic acids is 2. The molecule has 0 aliphatic heterocycles. The van der Waals surface area contributed by atoms with Gasteiger partial charge in [-0.05, 0) is 0 Å². The Kier molecular flexibility index (Phi) is 5.49. The topological polar surface area (TPSA) is 93.1 Å². The third-order valence-corrected chi connectivity index (χ3v) is 1.01. The zero-order valence-corrected chi connectivity index (χ0v) is 6.80. The molecule has 0 spiro atoms. The van der Waals surface area contributed by atoms with Crippen molar-refractivity contribution >= 4 is 11.9 Å². The molecule has 0 aromatic heterocycles. The fraction of sp³-hybridized carbons (Fsp3) is 0.429. The summed E-state index contributed by atoms with van der Waals surface area (Å²) in [5.41, 5.74) is 0. The van der Waals surface area contributed by atoms with Crippen molar-refractivity contribution in [2.45, 2.75) is 12.5 Å². The molecule has 1 unspecified atom stereocenters.